The highest BCUT2D eigenvalue weighted by atomic mass is 16.4. The van der Waals surface area contributed by atoms with Crippen LogP contribution in [-0.4, -0.2) is 22.2 Å². The largest absolute Gasteiger partial charge is 0.478 e. The van der Waals surface area contributed by atoms with Crippen LogP contribution in [0.2, 0.25) is 0 Å². The minimum absolute atomic E-state index is 0.159. The van der Waals surface area contributed by atoms with Gasteiger partial charge in [0, 0.05) is 0 Å². The fourth-order valence-electron chi connectivity index (χ4n) is 4.31. The van der Waals surface area contributed by atoms with Gasteiger partial charge in [-0.1, -0.05) is 70.2 Å². The molecule has 31 heavy (non-hydrogen) atoms. The Morgan fingerprint density at radius 3 is 1.68 bits per heavy atom. The molecule has 0 atom stereocenters. The van der Waals surface area contributed by atoms with E-state index in [1.54, 1.807) is 30.3 Å². The Labute approximate surface area is 183 Å². The highest BCUT2D eigenvalue weighted by Crippen LogP contribution is 2.44. The van der Waals surface area contributed by atoms with E-state index in [1.807, 2.05) is 25.1 Å². The molecule has 0 aliphatic carbocycles. The molecule has 0 unspecified atom stereocenters. The lowest BCUT2D eigenvalue weighted by Crippen LogP contribution is -2.17. The normalized spacial score (nSPS) is 11.4. The Balaban J connectivity index is 2.58. The molecule has 4 nitrogen and oxygen atoms in total. The van der Waals surface area contributed by atoms with Crippen LogP contribution in [0.15, 0.2) is 54.6 Å². The van der Waals surface area contributed by atoms with E-state index < -0.39 is 11.9 Å². The number of carboxylic acids is 2. The summed E-state index contributed by atoms with van der Waals surface area (Å²) in [7, 11) is 0. The number of carbonyl (C=O) groups is 2. The van der Waals surface area contributed by atoms with Crippen molar-refractivity contribution in [3.05, 3.63) is 82.4 Å². The minimum Gasteiger partial charge on any atom is -0.478 e. The van der Waals surface area contributed by atoms with E-state index in [9.17, 15) is 19.8 Å². The van der Waals surface area contributed by atoms with Gasteiger partial charge in [-0.25, -0.2) is 9.59 Å². The van der Waals surface area contributed by atoms with Crippen molar-refractivity contribution in [2.75, 3.05) is 0 Å². The van der Waals surface area contributed by atoms with Crippen molar-refractivity contribution in [2.45, 2.75) is 46.5 Å². The highest BCUT2D eigenvalue weighted by molar-refractivity contribution is 6.04. The quantitative estimate of drug-likeness (QED) is 0.492. The van der Waals surface area contributed by atoms with Crippen molar-refractivity contribution >= 4 is 11.9 Å². The molecule has 0 bridgehead atoms. The summed E-state index contributed by atoms with van der Waals surface area (Å²) >= 11 is 0. The summed E-state index contributed by atoms with van der Waals surface area (Å²) in [5.74, 6) is -2.01. The van der Waals surface area contributed by atoms with Gasteiger partial charge in [0.25, 0.3) is 0 Å². The van der Waals surface area contributed by atoms with Crippen LogP contribution in [-0.2, 0) is 11.8 Å². The third-order valence-electron chi connectivity index (χ3n) is 5.65. The van der Waals surface area contributed by atoms with Crippen LogP contribution >= 0.6 is 0 Å². The first kappa shape index (κ1) is 22.3. The number of benzene rings is 3. The van der Waals surface area contributed by atoms with Crippen LogP contribution in [0.25, 0.3) is 22.3 Å². The molecular weight excluding hydrogens is 388 g/mol. The van der Waals surface area contributed by atoms with Gasteiger partial charge >= 0.3 is 11.9 Å². The van der Waals surface area contributed by atoms with Gasteiger partial charge in [0.05, 0.1) is 11.1 Å². The molecule has 0 saturated carbocycles. The number of hydrogen-bond donors (Lipinski definition) is 2. The lowest BCUT2D eigenvalue weighted by molar-refractivity contribution is 0.0686. The topological polar surface area (TPSA) is 74.6 Å². The lowest BCUT2D eigenvalue weighted by atomic mass is 9.75. The number of aryl methyl sites for hydroxylation is 1. The molecule has 0 amide bonds. The van der Waals surface area contributed by atoms with E-state index in [0.29, 0.717) is 17.5 Å². The van der Waals surface area contributed by atoms with Gasteiger partial charge in [0.2, 0.25) is 0 Å². The van der Waals surface area contributed by atoms with Crippen molar-refractivity contribution < 1.29 is 19.8 Å². The first-order valence-electron chi connectivity index (χ1n) is 10.4. The first-order chi connectivity index (χ1) is 14.6. The second-order valence-electron chi connectivity index (χ2n) is 8.77. The molecule has 3 rings (SSSR count). The third-order valence-corrected chi connectivity index (χ3v) is 5.65. The second-order valence-corrected chi connectivity index (χ2v) is 8.77. The monoisotopic (exact) mass is 416 g/mol. The van der Waals surface area contributed by atoms with E-state index in [4.69, 9.17) is 0 Å². The molecule has 4 heteroatoms. The van der Waals surface area contributed by atoms with Crippen LogP contribution in [0, 0.1) is 6.92 Å². The average Bonchev–Trinajstić information content (AvgIpc) is 2.72. The number of rotatable bonds is 5. The van der Waals surface area contributed by atoms with E-state index in [2.05, 4.69) is 33.8 Å². The predicted octanol–water partition coefficient (Wildman–Crippen LogP) is 6.59. The van der Waals surface area contributed by atoms with Gasteiger partial charge in [-0.05, 0) is 69.8 Å². The second kappa shape index (κ2) is 8.38. The molecule has 2 N–H and O–H groups in total. The molecule has 3 aromatic carbocycles. The van der Waals surface area contributed by atoms with Crippen molar-refractivity contribution in [3.63, 3.8) is 0 Å². The Hall–Kier alpha value is -3.40. The van der Waals surface area contributed by atoms with Crippen LogP contribution in [0.3, 0.4) is 0 Å². The summed E-state index contributed by atoms with van der Waals surface area (Å²) in [6, 6.07) is 16.0. The maximum Gasteiger partial charge on any atom is 0.336 e. The van der Waals surface area contributed by atoms with Gasteiger partial charge in [0.1, 0.15) is 0 Å². The summed E-state index contributed by atoms with van der Waals surface area (Å²) in [6.07, 6.45) is 0.693. The van der Waals surface area contributed by atoms with E-state index >= 15 is 0 Å². The molecular formula is C27H28O4. The Morgan fingerprint density at radius 1 is 0.806 bits per heavy atom. The molecule has 0 saturated heterocycles. The summed E-state index contributed by atoms with van der Waals surface area (Å²) in [5.41, 5.74) is 6.13. The van der Waals surface area contributed by atoms with Gasteiger partial charge in [-0.15, -0.1) is 0 Å². The zero-order chi connectivity index (χ0) is 22.9. The van der Waals surface area contributed by atoms with Gasteiger partial charge in [-0.3, -0.25) is 0 Å². The van der Waals surface area contributed by atoms with Crippen molar-refractivity contribution in [1.29, 1.82) is 0 Å². The van der Waals surface area contributed by atoms with Crippen LogP contribution < -0.4 is 0 Å². The number of hydrogen-bond acceptors (Lipinski definition) is 2. The SMILES string of the molecule is CCc1c(C(C)(C)C)cc(C)c(-c2ccccc2C(=O)O)c1-c1ccccc1C(=O)O. The van der Waals surface area contributed by atoms with Crippen LogP contribution in [0.5, 0.6) is 0 Å². The number of aromatic carboxylic acids is 2. The van der Waals surface area contributed by atoms with E-state index in [-0.39, 0.29) is 16.5 Å². The standard InChI is InChI=1S/C27H28O4/c1-6-17-22(27(3,4)5)15-16(2)23(18-11-7-9-13-20(18)25(28)29)24(17)19-12-8-10-14-21(19)26(30)31/h7-15H,6H2,1-5H3,(H,28,29)(H,30,31). The van der Waals surface area contributed by atoms with E-state index in [1.165, 1.54) is 0 Å². The van der Waals surface area contributed by atoms with Crippen molar-refractivity contribution in [3.8, 4) is 22.3 Å². The first-order valence-corrected chi connectivity index (χ1v) is 10.4. The molecule has 0 aromatic heterocycles. The number of carboxylic acid groups (broad SMARTS) is 2. The molecule has 0 fully saturated rings. The fraction of sp³-hybridized carbons (Fsp3) is 0.259. The van der Waals surface area contributed by atoms with Gasteiger partial charge < -0.3 is 10.2 Å². The fourth-order valence-corrected chi connectivity index (χ4v) is 4.31. The summed E-state index contributed by atoms with van der Waals surface area (Å²) in [6.45, 7) is 10.4. The third kappa shape index (κ3) is 4.11. The molecule has 0 radical (unpaired) electrons. The Bertz CT molecular complexity index is 1170. The molecule has 0 aliphatic heterocycles. The molecule has 0 aliphatic rings. The highest BCUT2D eigenvalue weighted by Gasteiger charge is 2.27. The summed E-state index contributed by atoms with van der Waals surface area (Å²) in [5, 5.41) is 19.7. The molecule has 0 heterocycles. The molecule has 160 valence electrons. The summed E-state index contributed by atoms with van der Waals surface area (Å²) in [4.78, 5) is 24.1. The average molecular weight is 417 g/mol. The van der Waals surface area contributed by atoms with Crippen molar-refractivity contribution in [1.82, 2.24) is 0 Å². The Kier molecular flexibility index (Phi) is 6.03. The summed E-state index contributed by atoms with van der Waals surface area (Å²) < 4.78 is 0. The zero-order valence-electron chi connectivity index (χ0n) is 18.6. The van der Waals surface area contributed by atoms with Crippen LogP contribution in [0.1, 0.15) is 65.1 Å². The van der Waals surface area contributed by atoms with Gasteiger partial charge in [-0.2, -0.15) is 0 Å². The zero-order valence-corrected chi connectivity index (χ0v) is 18.6. The van der Waals surface area contributed by atoms with E-state index in [0.717, 1.165) is 27.8 Å². The van der Waals surface area contributed by atoms with Gasteiger partial charge in [0.15, 0.2) is 0 Å². The van der Waals surface area contributed by atoms with Crippen LogP contribution in [0.4, 0.5) is 0 Å². The molecule has 3 aromatic rings. The lowest BCUT2D eigenvalue weighted by Gasteiger charge is -2.29. The minimum atomic E-state index is -1.01. The predicted molar refractivity (Wildman–Crippen MR) is 124 cm³/mol. The van der Waals surface area contributed by atoms with Crippen molar-refractivity contribution in [2.24, 2.45) is 0 Å². The smallest absolute Gasteiger partial charge is 0.336 e. The maximum atomic E-state index is 12.1. The molecule has 0 spiro atoms. The maximum absolute atomic E-state index is 12.1. The Morgan fingerprint density at radius 2 is 1.26 bits per heavy atom.